The van der Waals surface area contributed by atoms with E-state index in [9.17, 15) is 13.6 Å². The molecule has 2 aromatic rings. The number of piperidine rings is 1. The van der Waals surface area contributed by atoms with E-state index in [0.29, 0.717) is 25.3 Å². The lowest BCUT2D eigenvalue weighted by Crippen LogP contribution is -2.40. The van der Waals surface area contributed by atoms with Crippen molar-refractivity contribution in [1.82, 2.24) is 14.5 Å². The van der Waals surface area contributed by atoms with E-state index in [2.05, 4.69) is 4.98 Å². The third-order valence-corrected chi connectivity index (χ3v) is 5.19. The van der Waals surface area contributed by atoms with Crippen LogP contribution >= 0.6 is 0 Å². The summed E-state index contributed by atoms with van der Waals surface area (Å²) in [6.07, 6.45) is 7.78. The molecule has 1 amide bonds. The maximum absolute atomic E-state index is 13.3. The van der Waals surface area contributed by atoms with E-state index in [1.807, 2.05) is 22.6 Å². The summed E-state index contributed by atoms with van der Waals surface area (Å²) in [4.78, 5) is 18.6. The number of aromatic nitrogens is 2. The molecule has 0 saturated carbocycles. The first kappa shape index (κ1) is 18.5. The van der Waals surface area contributed by atoms with Gasteiger partial charge < -0.3 is 9.47 Å². The van der Waals surface area contributed by atoms with Crippen LogP contribution in [0, 0.1) is 24.5 Å². The van der Waals surface area contributed by atoms with Crippen LogP contribution in [0.5, 0.6) is 0 Å². The molecule has 0 N–H and O–H groups in total. The Balaban J connectivity index is 1.48. The zero-order chi connectivity index (χ0) is 18.5. The summed E-state index contributed by atoms with van der Waals surface area (Å²) in [6.45, 7) is 4.15. The van der Waals surface area contributed by atoms with Gasteiger partial charge in [-0.3, -0.25) is 4.79 Å². The highest BCUT2D eigenvalue weighted by Gasteiger charge is 2.23. The molecule has 26 heavy (non-hydrogen) atoms. The van der Waals surface area contributed by atoms with Crippen LogP contribution in [0.25, 0.3) is 0 Å². The molecule has 1 atom stereocenters. The number of carbonyl (C=O) groups excluding carboxylic acids is 1. The van der Waals surface area contributed by atoms with Gasteiger partial charge in [0.25, 0.3) is 0 Å². The van der Waals surface area contributed by atoms with Crippen molar-refractivity contribution in [2.75, 3.05) is 13.1 Å². The van der Waals surface area contributed by atoms with Crippen molar-refractivity contribution >= 4 is 5.91 Å². The standard InChI is InChI=1S/C20H25F2N3O/c1-15-23-9-12-24(15)11-8-20(26)25-10-2-3-17(14-25)5-4-16-6-7-18(21)19(22)13-16/h6-7,9,12-13,17H,2-5,8,10-11,14H2,1H3/t17-/m1/s1. The molecular formula is C20H25F2N3O. The van der Waals surface area contributed by atoms with Gasteiger partial charge in [-0.05, 0) is 56.2 Å². The quantitative estimate of drug-likeness (QED) is 0.786. The number of carbonyl (C=O) groups is 1. The Hall–Kier alpha value is -2.24. The second-order valence-corrected chi connectivity index (χ2v) is 7.05. The number of nitrogens with zero attached hydrogens (tertiary/aromatic N) is 3. The molecule has 1 aliphatic rings. The molecule has 0 unspecified atom stereocenters. The van der Waals surface area contributed by atoms with Crippen molar-refractivity contribution in [2.45, 2.75) is 45.6 Å². The molecular weight excluding hydrogens is 336 g/mol. The minimum atomic E-state index is -0.809. The largest absolute Gasteiger partial charge is 0.342 e. The van der Waals surface area contributed by atoms with Gasteiger partial charge in [-0.25, -0.2) is 13.8 Å². The Morgan fingerprint density at radius 1 is 1.31 bits per heavy atom. The van der Waals surface area contributed by atoms with Crippen molar-refractivity contribution in [1.29, 1.82) is 0 Å². The number of amides is 1. The first-order valence-corrected chi connectivity index (χ1v) is 9.22. The molecule has 3 rings (SSSR count). The molecule has 4 nitrogen and oxygen atoms in total. The Labute approximate surface area is 152 Å². The average molecular weight is 361 g/mol. The van der Waals surface area contributed by atoms with E-state index in [4.69, 9.17) is 0 Å². The maximum Gasteiger partial charge on any atom is 0.224 e. The number of hydrogen-bond acceptors (Lipinski definition) is 2. The monoisotopic (exact) mass is 361 g/mol. The second-order valence-electron chi connectivity index (χ2n) is 7.05. The molecule has 6 heteroatoms. The Kier molecular flexibility index (Phi) is 6.01. The van der Waals surface area contributed by atoms with Gasteiger partial charge in [-0.15, -0.1) is 0 Å². The van der Waals surface area contributed by atoms with Crippen molar-refractivity contribution in [3.05, 3.63) is 53.6 Å². The lowest BCUT2D eigenvalue weighted by atomic mass is 9.91. The number of hydrogen-bond donors (Lipinski definition) is 0. The predicted molar refractivity (Wildman–Crippen MR) is 95.6 cm³/mol. The van der Waals surface area contributed by atoms with E-state index >= 15 is 0 Å². The third-order valence-electron chi connectivity index (χ3n) is 5.19. The number of benzene rings is 1. The van der Waals surface area contributed by atoms with Crippen LogP contribution in [0.3, 0.4) is 0 Å². The van der Waals surface area contributed by atoms with Crippen LogP contribution in [-0.2, 0) is 17.8 Å². The van der Waals surface area contributed by atoms with Crippen molar-refractivity contribution in [3.8, 4) is 0 Å². The third kappa shape index (κ3) is 4.68. The molecule has 1 fully saturated rings. The zero-order valence-electron chi connectivity index (χ0n) is 15.1. The van der Waals surface area contributed by atoms with Crippen LogP contribution in [0.2, 0.25) is 0 Å². The minimum absolute atomic E-state index is 0.177. The lowest BCUT2D eigenvalue weighted by Gasteiger charge is -2.33. The van der Waals surface area contributed by atoms with Crippen LogP contribution in [-0.4, -0.2) is 33.4 Å². The molecule has 1 saturated heterocycles. The van der Waals surface area contributed by atoms with Gasteiger partial charge in [0, 0.05) is 38.4 Å². The highest BCUT2D eigenvalue weighted by Crippen LogP contribution is 2.23. The maximum atomic E-state index is 13.3. The number of halogens is 2. The van der Waals surface area contributed by atoms with Gasteiger partial charge in [0.15, 0.2) is 11.6 Å². The minimum Gasteiger partial charge on any atom is -0.342 e. The summed E-state index contributed by atoms with van der Waals surface area (Å²) in [6, 6.07) is 4.09. The van der Waals surface area contributed by atoms with E-state index in [0.717, 1.165) is 43.7 Å². The lowest BCUT2D eigenvalue weighted by molar-refractivity contribution is -0.133. The number of imidazole rings is 1. The highest BCUT2D eigenvalue weighted by atomic mass is 19.2. The Morgan fingerprint density at radius 2 is 2.15 bits per heavy atom. The average Bonchev–Trinajstić information content (AvgIpc) is 3.06. The Bertz CT molecular complexity index is 759. The Morgan fingerprint density at radius 3 is 2.88 bits per heavy atom. The van der Waals surface area contributed by atoms with E-state index in [-0.39, 0.29) is 5.91 Å². The van der Waals surface area contributed by atoms with E-state index in [1.165, 1.54) is 12.1 Å². The summed E-state index contributed by atoms with van der Waals surface area (Å²) in [5, 5.41) is 0. The van der Waals surface area contributed by atoms with Gasteiger partial charge in [-0.2, -0.15) is 0 Å². The summed E-state index contributed by atoms with van der Waals surface area (Å²) < 4.78 is 28.3. The summed E-state index contributed by atoms with van der Waals surface area (Å²) in [5.41, 5.74) is 0.808. The fourth-order valence-corrected chi connectivity index (χ4v) is 3.61. The molecule has 140 valence electrons. The van der Waals surface area contributed by atoms with Crippen molar-refractivity contribution in [3.63, 3.8) is 0 Å². The molecule has 1 aromatic carbocycles. The van der Waals surface area contributed by atoms with Crippen LogP contribution in [0.1, 0.15) is 37.1 Å². The second kappa shape index (κ2) is 8.43. The smallest absolute Gasteiger partial charge is 0.224 e. The van der Waals surface area contributed by atoms with Gasteiger partial charge in [0.1, 0.15) is 5.82 Å². The van der Waals surface area contributed by atoms with Gasteiger partial charge in [0.05, 0.1) is 0 Å². The molecule has 0 aliphatic carbocycles. The van der Waals surface area contributed by atoms with Crippen molar-refractivity contribution in [2.24, 2.45) is 5.92 Å². The van der Waals surface area contributed by atoms with E-state index < -0.39 is 11.6 Å². The predicted octanol–water partition coefficient (Wildman–Crippen LogP) is 3.73. The molecule has 1 aromatic heterocycles. The first-order valence-electron chi connectivity index (χ1n) is 9.22. The van der Waals surface area contributed by atoms with Gasteiger partial charge in [0.2, 0.25) is 5.91 Å². The van der Waals surface area contributed by atoms with Gasteiger partial charge in [-0.1, -0.05) is 6.07 Å². The summed E-state index contributed by atoms with van der Waals surface area (Å²) in [5.74, 6) is -0.0960. The van der Waals surface area contributed by atoms with Crippen molar-refractivity contribution < 1.29 is 13.6 Å². The van der Waals surface area contributed by atoms with Gasteiger partial charge >= 0.3 is 0 Å². The summed E-state index contributed by atoms with van der Waals surface area (Å²) in [7, 11) is 0. The van der Waals surface area contributed by atoms with E-state index in [1.54, 1.807) is 12.3 Å². The number of aryl methyl sites for hydroxylation is 3. The topological polar surface area (TPSA) is 38.1 Å². The highest BCUT2D eigenvalue weighted by molar-refractivity contribution is 5.76. The molecule has 2 heterocycles. The fraction of sp³-hybridized carbons (Fsp3) is 0.500. The summed E-state index contributed by atoms with van der Waals surface area (Å²) >= 11 is 0. The van der Waals surface area contributed by atoms with Crippen LogP contribution < -0.4 is 0 Å². The molecule has 0 bridgehead atoms. The number of likely N-dealkylation sites (tertiary alicyclic amines) is 1. The normalized spacial score (nSPS) is 17.5. The molecule has 1 aliphatic heterocycles. The fourth-order valence-electron chi connectivity index (χ4n) is 3.61. The molecule has 0 spiro atoms. The van der Waals surface area contributed by atoms with Crippen LogP contribution in [0.15, 0.2) is 30.6 Å². The SMILES string of the molecule is Cc1nccn1CCC(=O)N1CCC[C@H](CCc2ccc(F)c(F)c2)C1. The first-order chi connectivity index (χ1) is 12.5. The number of rotatable bonds is 6. The zero-order valence-corrected chi connectivity index (χ0v) is 15.1. The van der Waals surface area contributed by atoms with Crippen LogP contribution in [0.4, 0.5) is 8.78 Å². The molecule has 0 radical (unpaired) electrons.